The SMILES string of the molecule is CCC.CCC(CC)C(F)(F)CF. The smallest absolute Gasteiger partial charge is 0.244 e. The highest BCUT2D eigenvalue weighted by molar-refractivity contribution is 4.73. The third-order valence-corrected chi connectivity index (χ3v) is 1.76. The summed E-state index contributed by atoms with van der Waals surface area (Å²) in [6.07, 6.45) is 1.93. The van der Waals surface area contributed by atoms with E-state index in [4.69, 9.17) is 0 Å². The van der Waals surface area contributed by atoms with E-state index in [0.29, 0.717) is 12.8 Å². The Bertz CT molecular complexity index is 98.3. The molecule has 3 heteroatoms. The molecule has 0 aliphatic rings. The standard InChI is InChI=1S/C7H13F3.C3H8/c1-3-6(4-2)7(9,10)5-8;1-3-2/h6H,3-5H2,1-2H3;3H2,1-2H3. The van der Waals surface area contributed by atoms with Crippen molar-refractivity contribution in [3.05, 3.63) is 0 Å². The van der Waals surface area contributed by atoms with Gasteiger partial charge in [0, 0.05) is 5.92 Å². The van der Waals surface area contributed by atoms with Gasteiger partial charge in [-0.1, -0.05) is 34.1 Å². The predicted octanol–water partition coefficient (Wildman–Crippen LogP) is 4.44. The summed E-state index contributed by atoms with van der Waals surface area (Å²) in [5.41, 5.74) is 0. The van der Waals surface area contributed by atoms with Crippen LogP contribution in [0.15, 0.2) is 0 Å². The molecule has 82 valence electrons. The lowest BCUT2D eigenvalue weighted by Crippen LogP contribution is -2.29. The third-order valence-electron chi connectivity index (χ3n) is 1.76. The van der Waals surface area contributed by atoms with Gasteiger partial charge in [0.2, 0.25) is 0 Å². The Morgan fingerprint density at radius 2 is 1.31 bits per heavy atom. The van der Waals surface area contributed by atoms with E-state index in [1.165, 1.54) is 6.42 Å². The van der Waals surface area contributed by atoms with Gasteiger partial charge in [-0.05, 0) is 12.8 Å². The summed E-state index contributed by atoms with van der Waals surface area (Å²) in [5, 5.41) is 0. The first-order chi connectivity index (χ1) is 5.99. The molecule has 0 aromatic heterocycles. The molecule has 0 spiro atoms. The average Bonchev–Trinajstić information content (AvgIpc) is 2.07. The molecule has 0 heterocycles. The first-order valence-electron chi connectivity index (χ1n) is 4.93. The molecule has 0 amide bonds. The van der Waals surface area contributed by atoms with Gasteiger partial charge in [-0.3, -0.25) is 0 Å². The molecule has 0 aromatic carbocycles. The highest BCUT2D eigenvalue weighted by Gasteiger charge is 2.36. The Labute approximate surface area is 79.5 Å². The molecule has 0 aliphatic carbocycles. The van der Waals surface area contributed by atoms with Crippen LogP contribution in [0.4, 0.5) is 13.2 Å². The molecule has 13 heavy (non-hydrogen) atoms. The normalized spacial score (nSPS) is 11.1. The van der Waals surface area contributed by atoms with Crippen LogP contribution in [0.2, 0.25) is 0 Å². The van der Waals surface area contributed by atoms with Crippen LogP contribution in [-0.4, -0.2) is 12.6 Å². The molecule has 0 unspecified atom stereocenters. The van der Waals surface area contributed by atoms with Crippen molar-refractivity contribution >= 4 is 0 Å². The van der Waals surface area contributed by atoms with Crippen molar-refractivity contribution in [1.29, 1.82) is 0 Å². The summed E-state index contributed by atoms with van der Waals surface area (Å²) in [7, 11) is 0. The van der Waals surface area contributed by atoms with Crippen molar-refractivity contribution in [2.45, 2.75) is 52.9 Å². The maximum atomic E-state index is 12.4. The lowest BCUT2D eigenvalue weighted by atomic mass is 9.97. The molecular weight excluding hydrogens is 177 g/mol. The Morgan fingerprint density at radius 3 is 1.38 bits per heavy atom. The summed E-state index contributed by atoms with van der Waals surface area (Å²) >= 11 is 0. The van der Waals surface area contributed by atoms with Gasteiger partial charge >= 0.3 is 0 Å². The van der Waals surface area contributed by atoms with E-state index in [0.717, 1.165) is 0 Å². The largest absolute Gasteiger partial charge is 0.278 e. The molecule has 0 N–H and O–H groups in total. The fourth-order valence-corrected chi connectivity index (χ4v) is 0.995. The monoisotopic (exact) mass is 198 g/mol. The van der Waals surface area contributed by atoms with E-state index in [1.54, 1.807) is 13.8 Å². The van der Waals surface area contributed by atoms with E-state index in [1.807, 2.05) is 0 Å². The van der Waals surface area contributed by atoms with Crippen LogP contribution in [0, 0.1) is 5.92 Å². The van der Waals surface area contributed by atoms with Crippen molar-refractivity contribution < 1.29 is 13.2 Å². The zero-order valence-electron chi connectivity index (χ0n) is 9.04. The molecule has 0 nitrogen and oxygen atoms in total. The molecular formula is C10H21F3. The van der Waals surface area contributed by atoms with Crippen LogP contribution < -0.4 is 0 Å². The van der Waals surface area contributed by atoms with E-state index in [2.05, 4.69) is 13.8 Å². The van der Waals surface area contributed by atoms with Crippen LogP contribution in [0.3, 0.4) is 0 Å². The molecule has 0 bridgehead atoms. The van der Waals surface area contributed by atoms with Crippen molar-refractivity contribution in [3.63, 3.8) is 0 Å². The van der Waals surface area contributed by atoms with Crippen LogP contribution >= 0.6 is 0 Å². The van der Waals surface area contributed by atoms with Crippen LogP contribution in [0.25, 0.3) is 0 Å². The molecule has 0 aliphatic heterocycles. The van der Waals surface area contributed by atoms with Gasteiger partial charge in [0.15, 0.2) is 6.67 Å². The topological polar surface area (TPSA) is 0 Å². The average molecular weight is 198 g/mol. The molecule has 0 saturated heterocycles. The lowest BCUT2D eigenvalue weighted by Gasteiger charge is -2.21. The number of rotatable bonds is 4. The maximum Gasteiger partial charge on any atom is 0.278 e. The summed E-state index contributed by atoms with van der Waals surface area (Å²) in [6.45, 7) is 6.02. The third kappa shape index (κ3) is 6.91. The minimum atomic E-state index is -3.11. The fraction of sp³-hybridized carbons (Fsp3) is 1.00. The molecule has 0 rings (SSSR count). The van der Waals surface area contributed by atoms with Crippen molar-refractivity contribution in [3.8, 4) is 0 Å². The van der Waals surface area contributed by atoms with Gasteiger partial charge in [-0.2, -0.15) is 0 Å². The second kappa shape index (κ2) is 8.39. The highest BCUT2D eigenvalue weighted by Crippen LogP contribution is 2.29. The molecule has 0 fully saturated rings. The molecule has 0 radical (unpaired) electrons. The highest BCUT2D eigenvalue weighted by atomic mass is 19.3. The van der Waals surface area contributed by atoms with Gasteiger partial charge in [0.05, 0.1) is 0 Å². The number of hydrogen-bond donors (Lipinski definition) is 0. The summed E-state index contributed by atoms with van der Waals surface area (Å²) < 4.78 is 36.5. The van der Waals surface area contributed by atoms with Gasteiger partial charge < -0.3 is 0 Å². The van der Waals surface area contributed by atoms with E-state index in [9.17, 15) is 13.2 Å². The fourth-order valence-electron chi connectivity index (χ4n) is 0.995. The lowest BCUT2D eigenvalue weighted by molar-refractivity contribution is -0.0783. The Balaban J connectivity index is 0. The summed E-state index contributed by atoms with van der Waals surface area (Å²) in [5.74, 6) is -3.90. The zero-order valence-corrected chi connectivity index (χ0v) is 9.04. The number of halogens is 3. The van der Waals surface area contributed by atoms with Crippen LogP contribution in [0.1, 0.15) is 47.0 Å². The second-order valence-electron chi connectivity index (χ2n) is 3.12. The second-order valence-corrected chi connectivity index (χ2v) is 3.12. The van der Waals surface area contributed by atoms with E-state index < -0.39 is 18.5 Å². The van der Waals surface area contributed by atoms with Gasteiger partial charge in [0.1, 0.15) is 0 Å². The first kappa shape index (κ1) is 15.3. The summed E-state index contributed by atoms with van der Waals surface area (Å²) in [4.78, 5) is 0. The summed E-state index contributed by atoms with van der Waals surface area (Å²) in [6, 6.07) is 0. The number of alkyl halides is 3. The van der Waals surface area contributed by atoms with Gasteiger partial charge in [-0.25, -0.2) is 13.2 Å². The number of hydrogen-bond acceptors (Lipinski definition) is 0. The van der Waals surface area contributed by atoms with E-state index >= 15 is 0 Å². The molecule has 0 saturated carbocycles. The quantitative estimate of drug-likeness (QED) is 0.626. The minimum Gasteiger partial charge on any atom is -0.244 e. The predicted molar refractivity (Wildman–Crippen MR) is 51.0 cm³/mol. The van der Waals surface area contributed by atoms with Crippen molar-refractivity contribution in [2.75, 3.05) is 6.67 Å². The van der Waals surface area contributed by atoms with Gasteiger partial charge in [0.25, 0.3) is 5.92 Å². The Kier molecular flexibility index (Phi) is 9.86. The Morgan fingerprint density at radius 1 is 1.00 bits per heavy atom. The van der Waals surface area contributed by atoms with Crippen LogP contribution in [0.5, 0.6) is 0 Å². The zero-order chi connectivity index (χ0) is 10.9. The van der Waals surface area contributed by atoms with Crippen molar-refractivity contribution in [1.82, 2.24) is 0 Å². The maximum absolute atomic E-state index is 12.4. The van der Waals surface area contributed by atoms with E-state index in [-0.39, 0.29) is 0 Å². The first-order valence-corrected chi connectivity index (χ1v) is 4.93. The van der Waals surface area contributed by atoms with Crippen LogP contribution in [-0.2, 0) is 0 Å². The molecule has 0 atom stereocenters. The van der Waals surface area contributed by atoms with Crippen molar-refractivity contribution in [2.24, 2.45) is 5.92 Å². The Hall–Kier alpha value is -0.210. The minimum absolute atomic E-state index is 0.341. The molecule has 0 aromatic rings. The van der Waals surface area contributed by atoms with Gasteiger partial charge in [-0.15, -0.1) is 0 Å².